The molecule has 0 aliphatic heterocycles. The highest BCUT2D eigenvalue weighted by molar-refractivity contribution is 6.23. The molecule has 0 unspecified atom stereocenters. The van der Waals surface area contributed by atoms with Gasteiger partial charge in [0.1, 0.15) is 0 Å². The average molecular weight is 445 g/mol. The number of fused-ring (bicyclic) bond motifs is 5. The van der Waals surface area contributed by atoms with E-state index in [9.17, 15) is 10.5 Å². The fourth-order valence-electron chi connectivity index (χ4n) is 5.04. The van der Waals surface area contributed by atoms with Crippen LogP contribution in [0.1, 0.15) is 16.7 Å². The van der Waals surface area contributed by atoms with Gasteiger partial charge in [-0.3, -0.25) is 0 Å². The van der Waals surface area contributed by atoms with Gasteiger partial charge in [0.05, 0.1) is 23.3 Å². The van der Waals surface area contributed by atoms with E-state index in [1.807, 2.05) is 48.5 Å². The Morgan fingerprint density at radius 1 is 0.457 bits per heavy atom. The number of nitrogens with zero attached hydrogens (tertiary/aromatic N) is 2. The molecule has 0 fully saturated rings. The van der Waals surface area contributed by atoms with Crippen molar-refractivity contribution >= 4 is 32.3 Å². The monoisotopic (exact) mass is 444 g/mol. The molecule has 6 aromatic rings. The van der Waals surface area contributed by atoms with Gasteiger partial charge in [0.25, 0.3) is 0 Å². The van der Waals surface area contributed by atoms with E-state index in [1.54, 1.807) is 0 Å². The van der Waals surface area contributed by atoms with Crippen molar-refractivity contribution < 1.29 is 0 Å². The van der Waals surface area contributed by atoms with Crippen LogP contribution in [0, 0.1) is 29.6 Å². The molecule has 0 aromatic heterocycles. The van der Waals surface area contributed by atoms with Crippen LogP contribution in [0.25, 0.3) is 54.6 Å². The van der Waals surface area contributed by atoms with E-state index in [2.05, 4.69) is 73.7 Å². The molecule has 0 amide bonds. The van der Waals surface area contributed by atoms with E-state index in [0.717, 1.165) is 22.3 Å². The smallest absolute Gasteiger partial charge is 0.0991 e. The van der Waals surface area contributed by atoms with Gasteiger partial charge < -0.3 is 0 Å². The lowest BCUT2D eigenvalue weighted by atomic mass is 9.87. The maximum absolute atomic E-state index is 9.25. The van der Waals surface area contributed by atoms with Gasteiger partial charge in [0.15, 0.2) is 0 Å². The zero-order valence-corrected chi connectivity index (χ0v) is 19.2. The quantitative estimate of drug-likeness (QED) is 0.251. The van der Waals surface area contributed by atoms with E-state index in [4.69, 9.17) is 0 Å². The van der Waals surface area contributed by atoms with Crippen LogP contribution in [-0.2, 0) is 0 Å². The fourth-order valence-corrected chi connectivity index (χ4v) is 5.04. The summed E-state index contributed by atoms with van der Waals surface area (Å²) in [6.45, 7) is 2.12. The lowest BCUT2D eigenvalue weighted by Gasteiger charge is -2.16. The SMILES string of the molecule is Cc1ccc2c(c1)c(-c1ccc(C#N)cc1)cc1c3ccccc3c(-c3ccc(C#N)cc3)cc21. The highest BCUT2D eigenvalue weighted by Gasteiger charge is 2.14. The second kappa shape index (κ2) is 8.14. The summed E-state index contributed by atoms with van der Waals surface area (Å²) >= 11 is 0. The van der Waals surface area contributed by atoms with Gasteiger partial charge >= 0.3 is 0 Å². The van der Waals surface area contributed by atoms with Gasteiger partial charge in [-0.25, -0.2) is 0 Å². The van der Waals surface area contributed by atoms with Crippen LogP contribution in [0.2, 0.25) is 0 Å². The first-order chi connectivity index (χ1) is 17.2. The summed E-state index contributed by atoms with van der Waals surface area (Å²) in [5.41, 5.74) is 7.04. The predicted octanol–water partition coefficient (Wildman–Crippen LogP) is 8.53. The van der Waals surface area contributed by atoms with Crippen LogP contribution in [0.3, 0.4) is 0 Å². The van der Waals surface area contributed by atoms with E-state index in [-0.39, 0.29) is 0 Å². The molecule has 0 heterocycles. The highest BCUT2D eigenvalue weighted by atomic mass is 14.2. The van der Waals surface area contributed by atoms with Crippen molar-refractivity contribution in [3.8, 4) is 34.4 Å². The van der Waals surface area contributed by atoms with Crippen LogP contribution < -0.4 is 0 Å². The molecule has 0 aliphatic carbocycles. The molecule has 35 heavy (non-hydrogen) atoms. The first-order valence-corrected chi connectivity index (χ1v) is 11.6. The van der Waals surface area contributed by atoms with Crippen molar-refractivity contribution in [3.63, 3.8) is 0 Å². The molecule has 0 spiro atoms. The van der Waals surface area contributed by atoms with Crippen LogP contribution >= 0.6 is 0 Å². The largest absolute Gasteiger partial charge is 0.192 e. The average Bonchev–Trinajstić information content (AvgIpc) is 2.92. The molecule has 6 aromatic carbocycles. The van der Waals surface area contributed by atoms with Crippen molar-refractivity contribution in [1.29, 1.82) is 10.5 Å². The van der Waals surface area contributed by atoms with E-state index in [0.29, 0.717) is 11.1 Å². The van der Waals surface area contributed by atoms with Crippen LogP contribution in [0.5, 0.6) is 0 Å². The molecular formula is C33H20N2. The Hall–Kier alpha value is -4.92. The van der Waals surface area contributed by atoms with Gasteiger partial charge in [-0.05, 0) is 97.9 Å². The minimum atomic E-state index is 0.659. The lowest BCUT2D eigenvalue weighted by Crippen LogP contribution is -1.90. The van der Waals surface area contributed by atoms with Gasteiger partial charge in [-0.2, -0.15) is 10.5 Å². The Morgan fingerprint density at radius 3 is 1.49 bits per heavy atom. The van der Waals surface area contributed by atoms with Gasteiger partial charge in [-0.15, -0.1) is 0 Å². The molecule has 2 heteroatoms. The number of hydrogen-bond donors (Lipinski definition) is 0. The molecule has 0 bridgehead atoms. The summed E-state index contributed by atoms with van der Waals surface area (Å²) < 4.78 is 0. The normalized spacial score (nSPS) is 10.9. The molecule has 0 N–H and O–H groups in total. The standard InChI is InChI=1S/C33H20N2/c1-21-6-15-28-31(16-21)30(25-13-9-23(20-35)10-14-25)18-32-27-5-3-2-4-26(27)29(17-33(28)32)24-11-7-22(19-34)8-12-24/h2-18H,1H3. The molecule has 6 rings (SSSR count). The van der Waals surface area contributed by atoms with Crippen molar-refractivity contribution in [2.75, 3.05) is 0 Å². The fraction of sp³-hybridized carbons (Fsp3) is 0.0303. The van der Waals surface area contributed by atoms with Crippen LogP contribution in [0.4, 0.5) is 0 Å². The third kappa shape index (κ3) is 3.41. The van der Waals surface area contributed by atoms with Crippen LogP contribution in [0.15, 0.2) is 103 Å². The maximum atomic E-state index is 9.25. The van der Waals surface area contributed by atoms with Gasteiger partial charge in [0, 0.05) is 0 Å². The molecule has 0 atom stereocenters. The summed E-state index contributed by atoms with van der Waals surface area (Å²) in [5.74, 6) is 0. The first-order valence-electron chi connectivity index (χ1n) is 11.6. The third-order valence-corrected chi connectivity index (χ3v) is 6.78. The Balaban J connectivity index is 1.74. The number of rotatable bonds is 2. The predicted molar refractivity (Wildman–Crippen MR) is 144 cm³/mol. The third-order valence-electron chi connectivity index (χ3n) is 6.78. The summed E-state index contributed by atoms with van der Waals surface area (Å²) in [6.07, 6.45) is 0. The highest BCUT2D eigenvalue weighted by Crippen LogP contribution is 2.42. The minimum absolute atomic E-state index is 0.659. The van der Waals surface area contributed by atoms with Crippen molar-refractivity contribution in [2.45, 2.75) is 6.92 Å². The van der Waals surface area contributed by atoms with E-state index in [1.165, 1.54) is 37.9 Å². The van der Waals surface area contributed by atoms with Gasteiger partial charge in [-0.1, -0.05) is 72.3 Å². The van der Waals surface area contributed by atoms with Gasteiger partial charge in [0.2, 0.25) is 0 Å². The molecule has 2 nitrogen and oxygen atoms in total. The number of aryl methyl sites for hydroxylation is 1. The van der Waals surface area contributed by atoms with E-state index < -0.39 is 0 Å². The molecule has 0 aliphatic rings. The van der Waals surface area contributed by atoms with Crippen molar-refractivity contribution in [3.05, 3.63) is 120 Å². The molecule has 0 saturated carbocycles. The summed E-state index contributed by atoms with van der Waals surface area (Å²) in [5, 5.41) is 25.7. The molecule has 0 radical (unpaired) electrons. The number of hydrogen-bond acceptors (Lipinski definition) is 2. The van der Waals surface area contributed by atoms with Crippen LogP contribution in [-0.4, -0.2) is 0 Å². The lowest BCUT2D eigenvalue weighted by molar-refractivity contribution is 1.48. The first kappa shape index (κ1) is 20.7. The zero-order chi connectivity index (χ0) is 23.9. The number of benzene rings is 6. The molecule has 0 saturated heterocycles. The summed E-state index contributed by atoms with van der Waals surface area (Å²) in [7, 11) is 0. The Bertz CT molecular complexity index is 1850. The summed E-state index contributed by atoms with van der Waals surface area (Å²) in [6, 6.07) is 39.8. The zero-order valence-electron chi connectivity index (χ0n) is 19.2. The molecular weight excluding hydrogens is 424 g/mol. The van der Waals surface area contributed by atoms with Crippen molar-refractivity contribution in [2.24, 2.45) is 0 Å². The second-order valence-electron chi connectivity index (χ2n) is 8.92. The Kier molecular flexibility index (Phi) is 4.81. The molecule has 162 valence electrons. The summed E-state index contributed by atoms with van der Waals surface area (Å²) in [4.78, 5) is 0. The topological polar surface area (TPSA) is 47.6 Å². The second-order valence-corrected chi connectivity index (χ2v) is 8.92. The number of nitriles is 2. The van der Waals surface area contributed by atoms with E-state index >= 15 is 0 Å². The minimum Gasteiger partial charge on any atom is -0.192 e. The Morgan fingerprint density at radius 2 is 0.943 bits per heavy atom. The van der Waals surface area contributed by atoms with Crippen molar-refractivity contribution in [1.82, 2.24) is 0 Å². The maximum Gasteiger partial charge on any atom is 0.0991 e. The Labute approximate surface area is 203 Å².